The second-order valence-electron chi connectivity index (χ2n) is 10.9. The molecule has 41 heavy (non-hydrogen) atoms. The highest BCUT2D eigenvalue weighted by atomic mass is 16.7. The number of rotatable bonds is 14. The molecule has 0 saturated carbocycles. The minimum Gasteiger partial charge on any atom is -0.395 e. The summed E-state index contributed by atoms with van der Waals surface area (Å²) in [7, 11) is 0. The van der Waals surface area contributed by atoms with Crippen molar-refractivity contribution in [3.8, 4) is 0 Å². The molecule has 0 bridgehead atoms. The van der Waals surface area contributed by atoms with Gasteiger partial charge in [0.1, 0.15) is 0 Å². The number of aliphatic hydroxyl groups excluding tert-OH is 2. The third-order valence-electron chi connectivity index (χ3n) is 7.91. The number of nitrogens with one attached hydrogen (secondary N) is 2. The van der Waals surface area contributed by atoms with Gasteiger partial charge in [0.2, 0.25) is 11.8 Å². The summed E-state index contributed by atoms with van der Waals surface area (Å²) in [4.78, 5) is 25.7. The number of carbonyl (C=O) groups is 2. The van der Waals surface area contributed by atoms with Gasteiger partial charge in [-0.2, -0.15) is 0 Å². The fraction of sp³-hybridized carbons (Fsp3) is 0.548. The molecule has 2 amide bonds. The van der Waals surface area contributed by atoms with Gasteiger partial charge >= 0.3 is 0 Å². The van der Waals surface area contributed by atoms with E-state index in [1.165, 1.54) is 0 Å². The molecule has 4 atom stereocenters. The van der Waals surface area contributed by atoms with Crippen LogP contribution in [0.3, 0.4) is 0 Å². The Morgan fingerprint density at radius 2 is 1.56 bits per heavy atom. The zero-order valence-corrected chi connectivity index (χ0v) is 23.5. The van der Waals surface area contributed by atoms with E-state index in [-0.39, 0.29) is 49.7 Å². The average Bonchev–Trinajstić information content (AvgIpc) is 3.46. The molecule has 5 N–H and O–H groups in total. The molecule has 2 aliphatic heterocycles. The fourth-order valence-electron chi connectivity index (χ4n) is 5.56. The molecule has 2 fully saturated rings. The van der Waals surface area contributed by atoms with E-state index < -0.39 is 6.29 Å². The largest absolute Gasteiger partial charge is 0.395 e. The number of unbranched alkanes of at least 4 members (excludes halogenated alkanes) is 3. The normalized spacial score (nSPS) is 22.9. The number of benzene rings is 2. The van der Waals surface area contributed by atoms with E-state index in [2.05, 4.69) is 10.2 Å². The van der Waals surface area contributed by atoms with Crippen LogP contribution in [0.5, 0.6) is 0 Å². The van der Waals surface area contributed by atoms with Crippen LogP contribution in [0, 0.1) is 0 Å². The van der Waals surface area contributed by atoms with Crippen LogP contribution < -0.4 is 10.8 Å². The maximum absolute atomic E-state index is 12.4. The summed E-state index contributed by atoms with van der Waals surface area (Å²) < 4.78 is 12.9. The first-order valence-corrected chi connectivity index (χ1v) is 14.7. The molecular formula is C31H43N3O7. The molecule has 10 nitrogen and oxygen atoms in total. The van der Waals surface area contributed by atoms with Crippen molar-refractivity contribution in [3.63, 3.8) is 0 Å². The summed E-state index contributed by atoms with van der Waals surface area (Å²) in [5.41, 5.74) is 5.06. The van der Waals surface area contributed by atoms with E-state index in [1.807, 2.05) is 48.5 Å². The topological polar surface area (TPSA) is 141 Å². The highest BCUT2D eigenvalue weighted by Crippen LogP contribution is 2.39. The summed E-state index contributed by atoms with van der Waals surface area (Å²) in [6, 6.07) is 15.5. The van der Waals surface area contributed by atoms with E-state index in [0.717, 1.165) is 61.9 Å². The Balaban J connectivity index is 1.34. The Labute approximate surface area is 241 Å². The molecule has 2 aromatic rings. The van der Waals surface area contributed by atoms with Crippen molar-refractivity contribution in [2.75, 3.05) is 25.0 Å². The Morgan fingerprint density at radius 1 is 0.878 bits per heavy atom. The smallest absolute Gasteiger partial charge is 0.243 e. The number of aliphatic hydroxyl groups is 2. The quantitative estimate of drug-likeness (QED) is 0.131. The van der Waals surface area contributed by atoms with Crippen molar-refractivity contribution in [2.45, 2.75) is 88.9 Å². The Hall–Kier alpha value is -2.86. The van der Waals surface area contributed by atoms with Crippen molar-refractivity contribution in [1.82, 2.24) is 10.4 Å². The molecule has 0 spiro atoms. The van der Waals surface area contributed by atoms with Gasteiger partial charge in [-0.1, -0.05) is 49.2 Å². The Kier molecular flexibility index (Phi) is 12.1. The lowest BCUT2D eigenvalue weighted by molar-refractivity contribution is -0.253. The fourth-order valence-corrected chi connectivity index (χ4v) is 5.56. The summed E-state index contributed by atoms with van der Waals surface area (Å²) in [6.45, 7) is 1.81. The molecule has 2 aliphatic rings. The lowest BCUT2D eigenvalue weighted by Crippen LogP contribution is -2.42. The van der Waals surface area contributed by atoms with Gasteiger partial charge in [-0.15, -0.1) is 0 Å². The zero-order chi connectivity index (χ0) is 29.0. The number of hydroxylamine groups is 1. The third-order valence-corrected chi connectivity index (χ3v) is 7.91. The predicted octanol–water partition coefficient (Wildman–Crippen LogP) is 3.97. The van der Waals surface area contributed by atoms with Gasteiger partial charge in [0.15, 0.2) is 6.29 Å². The van der Waals surface area contributed by atoms with E-state index in [0.29, 0.717) is 24.9 Å². The zero-order valence-electron chi connectivity index (χ0n) is 23.5. The predicted molar refractivity (Wildman–Crippen MR) is 153 cm³/mol. The highest BCUT2D eigenvalue weighted by Gasteiger charge is 2.35. The van der Waals surface area contributed by atoms with E-state index in [9.17, 15) is 19.8 Å². The molecule has 4 rings (SSSR count). The van der Waals surface area contributed by atoms with Gasteiger partial charge < -0.3 is 25.0 Å². The van der Waals surface area contributed by atoms with Crippen LogP contribution in [-0.2, 0) is 25.7 Å². The molecular weight excluding hydrogens is 526 g/mol. The average molecular weight is 570 g/mol. The monoisotopic (exact) mass is 569 g/mol. The van der Waals surface area contributed by atoms with Crippen molar-refractivity contribution in [1.29, 1.82) is 0 Å². The van der Waals surface area contributed by atoms with E-state index in [4.69, 9.17) is 14.7 Å². The van der Waals surface area contributed by atoms with Crippen molar-refractivity contribution in [2.24, 2.45) is 0 Å². The number of anilines is 1. The molecule has 4 unspecified atom stereocenters. The first-order chi connectivity index (χ1) is 20.0. The number of carbonyl (C=O) groups excluding carboxylic acids is 2. The van der Waals surface area contributed by atoms with Crippen LogP contribution in [0.2, 0.25) is 0 Å². The molecule has 2 aromatic carbocycles. The Morgan fingerprint density at radius 3 is 2.22 bits per heavy atom. The maximum atomic E-state index is 12.4. The first kappa shape index (κ1) is 31.1. The minimum absolute atomic E-state index is 0.00787. The van der Waals surface area contributed by atoms with Crippen molar-refractivity contribution < 1.29 is 34.5 Å². The summed E-state index contributed by atoms with van der Waals surface area (Å²) >= 11 is 0. The van der Waals surface area contributed by atoms with E-state index in [1.54, 1.807) is 5.48 Å². The number of nitrogens with zero attached hydrogens (tertiary/aromatic N) is 1. The van der Waals surface area contributed by atoms with Gasteiger partial charge in [-0.05, 0) is 55.5 Å². The first-order valence-electron chi connectivity index (χ1n) is 14.7. The molecule has 0 aromatic heterocycles. The van der Waals surface area contributed by atoms with Gasteiger partial charge in [0.25, 0.3) is 0 Å². The van der Waals surface area contributed by atoms with Gasteiger partial charge in [-0.25, -0.2) is 5.48 Å². The summed E-state index contributed by atoms with van der Waals surface area (Å²) in [6.07, 6.45) is 5.64. The lowest BCUT2D eigenvalue weighted by Gasteiger charge is -2.38. The maximum Gasteiger partial charge on any atom is 0.243 e. The van der Waals surface area contributed by atoms with Crippen LogP contribution in [-0.4, -0.2) is 64.0 Å². The van der Waals surface area contributed by atoms with Gasteiger partial charge in [-0.3, -0.25) is 19.7 Å². The molecule has 0 aliphatic carbocycles. The SMILES string of the molecule is O=C(CCCCCCC(=O)Nc1ccc(C2OC(CN3CCCC3CO)CC(c3ccc(CO)cc3)O2)cc1)NO. The second-order valence-corrected chi connectivity index (χ2v) is 10.9. The number of hydrogen-bond donors (Lipinski definition) is 5. The number of likely N-dealkylation sites (tertiary alicyclic amines) is 1. The highest BCUT2D eigenvalue weighted by molar-refractivity contribution is 5.90. The minimum atomic E-state index is -0.580. The standard InChI is InChI=1S/C31H43N3O7/c35-20-22-9-11-23(12-10-22)28-18-27(19-34-17-5-6-26(34)21-36)40-31(41-28)24-13-15-25(16-14-24)32-29(37)7-3-1-2-4-8-30(38)33-39/h9-16,26-28,31,35-36,39H,1-8,17-21H2,(H,32,37)(H,33,38). The van der Waals surface area contributed by atoms with Crippen LogP contribution in [0.25, 0.3) is 0 Å². The molecule has 10 heteroatoms. The van der Waals surface area contributed by atoms with Crippen LogP contribution in [0.1, 0.15) is 86.9 Å². The summed E-state index contributed by atoms with van der Waals surface area (Å²) in [5, 5.41) is 30.7. The van der Waals surface area contributed by atoms with Crippen LogP contribution >= 0.6 is 0 Å². The molecule has 0 radical (unpaired) electrons. The van der Waals surface area contributed by atoms with Gasteiger partial charge in [0.05, 0.1) is 25.4 Å². The second kappa shape index (κ2) is 16.0. The van der Waals surface area contributed by atoms with E-state index >= 15 is 0 Å². The van der Waals surface area contributed by atoms with Gasteiger partial charge in [0, 0.05) is 43.1 Å². The molecule has 2 saturated heterocycles. The molecule has 2 heterocycles. The van der Waals surface area contributed by atoms with Crippen molar-refractivity contribution in [3.05, 3.63) is 65.2 Å². The summed E-state index contributed by atoms with van der Waals surface area (Å²) in [5.74, 6) is -0.452. The number of ether oxygens (including phenoxy) is 2. The number of hydrogen-bond acceptors (Lipinski definition) is 8. The van der Waals surface area contributed by atoms with Crippen LogP contribution in [0.4, 0.5) is 5.69 Å². The van der Waals surface area contributed by atoms with Crippen LogP contribution in [0.15, 0.2) is 48.5 Å². The van der Waals surface area contributed by atoms with Crippen molar-refractivity contribution >= 4 is 17.5 Å². The number of amides is 2. The molecule has 224 valence electrons. The lowest BCUT2D eigenvalue weighted by atomic mass is 9.99. The Bertz CT molecular complexity index is 1100. The third kappa shape index (κ3) is 9.32.